The highest BCUT2D eigenvalue weighted by Crippen LogP contribution is 1.78. The van der Waals surface area contributed by atoms with Gasteiger partial charge in [0.15, 0.2) is 0 Å². The van der Waals surface area contributed by atoms with Gasteiger partial charge in [0, 0.05) is 5.57 Å². The zero-order chi connectivity index (χ0) is 9.44. The van der Waals surface area contributed by atoms with Gasteiger partial charge in [-0.05, 0) is 27.6 Å². The van der Waals surface area contributed by atoms with E-state index >= 15 is 0 Å². The van der Waals surface area contributed by atoms with E-state index in [-0.39, 0.29) is 0 Å². The topological polar surface area (TPSA) is 46.3 Å². The number of nitrogens with zero attached hydrogens (tertiary/aromatic N) is 1. The van der Waals surface area contributed by atoms with Crippen LogP contribution in [-0.2, 0) is 4.79 Å². The van der Waals surface area contributed by atoms with Crippen molar-refractivity contribution in [1.82, 2.24) is 4.90 Å². The Labute approximate surface area is 68.9 Å². The van der Waals surface area contributed by atoms with Crippen molar-refractivity contribution in [2.24, 2.45) is 5.73 Å². The van der Waals surface area contributed by atoms with E-state index < -0.39 is 5.91 Å². The summed E-state index contributed by atoms with van der Waals surface area (Å²) in [6.07, 6.45) is 0. The summed E-state index contributed by atoms with van der Waals surface area (Å²) >= 11 is 0. The number of rotatable bonds is 2. The van der Waals surface area contributed by atoms with Crippen molar-refractivity contribution in [3.05, 3.63) is 12.2 Å². The van der Waals surface area contributed by atoms with E-state index in [9.17, 15) is 4.79 Å². The minimum absolute atomic E-state index is 0.398. The molecule has 0 heterocycles. The van der Waals surface area contributed by atoms with Crippen LogP contribution < -0.4 is 5.73 Å². The molecule has 0 aromatic rings. The van der Waals surface area contributed by atoms with Gasteiger partial charge in [-0.25, -0.2) is 0 Å². The van der Waals surface area contributed by atoms with Crippen LogP contribution in [0, 0.1) is 0 Å². The molecule has 0 saturated carbocycles. The van der Waals surface area contributed by atoms with Crippen molar-refractivity contribution in [1.29, 1.82) is 0 Å². The van der Waals surface area contributed by atoms with Gasteiger partial charge in [-0.2, -0.15) is 0 Å². The fourth-order valence-electron chi connectivity index (χ4n) is 0. The van der Waals surface area contributed by atoms with Crippen LogP contribution in [0.15, 0.2) is 12.2 Å². The van der Waals surface area contributed by atoms with Crippen LogP contribution in [0.1, 0.15) is 13.8 Å². The van der Waals surface area contributed by atoms with E-state index in [0.717, 1.165) is 6.54 Å². The molecule has 0 atom stereocenters. The maximum Gasteiger partial charge on any atom is 0.243 e. The van der Waals surface area contributed by atoms with Gasteiger partial charge in [-0.3, -0.25) is 4.79 Å². The fraction of sp³-hybridized carbons (Fsp3) is 0.625. The molecule has 66 valence electrons. The first kappa shape index (κ1) is 12.8. The van der Waals surface area contributed by atoms with Crippen LogP contribution in [0.3, 0.4) is 0 Å². The predicted octanol–water partition coefficient (Wildman–Crippen LogP) is 0.616. The van der Waals surface area contributed by atoms with Gasteiger partial charge < -0.3 is 10.6 Å². The van der Waals surface area contributed by atoms with E-state index in [2.05, 4.69) is 32.5 Å². The molecule has 0 rings (SSSR count). The molecule has 0 saturated heterocycles. The predicted molar refractivity (Wildman–Crippen MR) is 48.2 cm³/mol. The molecule has 0 spiro atoms. The molecule has 11 heavy (non-hydrogen) atoms. The molecular formula is C8H18N2O. The number of primary amides is 1. The quantitative estimate of drug-likeness (QED) is 0.599. The van der Waals surface area contributed by atoms with Crippen molar-refractivity contribution >= 4 is 5.91 Å². The summed E-state index contributed by atoms with van der Waals surface area (Å²) < 4.78 is 0. The van der Waals surface area contributed by atoms with E-state index in [1.54, 1.807) is 6.92 Å². The first-order valence-corrected chi connectivity index (χ1v) is 3.51. The Bertz CT molecular complexity index is 118. The van der Waals surface area contributed by atoms with Gasteiger partial charge >= 0.3 is 0 Å². The first-order chi connectivity index (χ1) is 4.91. The largest absolute Gasteiger partial charge is 0.366 e. The summed E-state index contributed by atoms with van der Waals surface area (Å²) in [6.45, 7) is 8.12. The lowest BCUT2D eigenvalue weighted by Gasteiger charge is -2.00. The third kappa shape index (κ3) is 17.6. The maximum atomic E-state index is 9.82. The Balaban J connectivity index is 0. The molecule has 0 unspecified atom stereocenters. The van der Waals surface area contributed by atoms with Crippen molar-refractivity contribution in [2.75, 3.05) is 20.6 Å². The lowest BCUT2D eigenvalue weighted by atomic mass is 10.3. The zero-order valence-corrected chi connectivity index (χ0v) is 7.85. The number of amides is 1. The van der Waals surface area contributed by atoms with E-state index in [0.29, 0.717) is 5.57 Å². The molecule has 0 aliphatic carbocycles. The van der Waals surface area contributed by atoms with Gasteiger partial charge in [0.2, 0.25) is 5.91 Å². The van der Waals surface area contributed by atoms with Crippen LogP contribution in [0.4, 0.5) is 0 Å². The molecule has 1 amide bonds. The summed E-state index contributed by atoms with van der Waals surface area (Å²) in [5.74, 6) is -0.435. The minimum atomic E-state index is -0.435. The summed E-state index contributed by atoms with van der Waals surface area (Å²) in [5.41, 5.74) is 5.09. The molecule has 3 nitrogen and oxygen atoms in total. The molecule has 0 radical (unpaired) electrons. The Hall–Kier alpha value is -0.830. The highest BCUT2D eigenvalue weighted by atomic mass is 16.1. The molecule has 0 aliphatic rings. The standard InChI is InChI=1S/C4H7NO.C4H11N/c1-3(2)4(5)6;1-4-5(2)3/h1H2,2H3,(H2,5,6);4H2,1-3H3. The summed E-state index contributed by atoms with van der Waals surface area (Å²) in [5, 5.41) is 0. The third-order valence-electron chi connectivity index (χ3n) is 1.05. The number of hydrogen-bond donors (Lipinski definition) is 1. The second-order valence-corrected chi connectivity index (χ2v) is 2.54. The molecule has 0 aliphatic heterocycles. The van der Waals surface area contributed by atoms with Gasteiger partial charge in [0.1, 0.15) is 0 Å². The molecule has 2 N–H and O–H groups in total. The van der Waals surface area contributed by atoms with Crippen LogP contribution in [0.2, 0.25) is 0 Å². The van der Waals surface area contributed by atoms with E-state index in [1.165, 1.54) is 0 Å². The summed E-state index contributed by atoms with van der Waals surface area (Å²) in [7, 11) is 4.11. The molecule has 0 bridgehead atoms. The Morgan fingerprint density at radius 2 is 1.73 bits per heavy atom. The van der Waals surface area contributed by atoms with E-state index in [4.69, 9.17) is 5.73 Å². The number of carbonyl (C=O) groups excluding carboxylic acids is 1. The van der Waals surface area contributed by atoms with Crippen LogP contribution in [0.25, 0.3) is 0 Å². The van der Waals surface area contributed by atoms with Crippen molar-refractivity contribution in [3.8, 4) is 0 Å². The average molecular weight is 158 g/mol. The molecule has 0 fully saturated rings. The Morgan fingerprint density at radius 3 is 1.73 bits per heavy atom. The van der Waals surface area contributed by atoms with Crippen molar-refractivity contribution < 1.29 is 4.79 Å². The molecular weight excluding hydrogens is 140 g/mol. The fourth-order valence-corrected chi connectivity index (χ4v) is 0. The highest BCUT2D eigenvalue weighted by Gasteiger charge is 1.86. The van der Waals surface area contributed by atoms with Crippen LogP contribution >= 0.6 is 0 Å². The molecule has 0 aromatic carbocycles. The lowest BCUT2D eigenvalue weighted by Crippen LogP contribution is -2.10. The second-order valence-electron chi connectivity index (χ2n) is 2.54. The SMILES string of the molecule is C=C(C)C(N)=O.CCN(C)C. The number of hydrogen-bond acceptors (Lipinski definition) is 2. The van der Waals surface area contributed by atoms with Gasteiger partial charge in [-0.15, -0.1) is 0 Å². The first-order valence-electron chi connectivity index (χ1n) is 3.51. The van der Waals surface area contributed by atoms with Crippen molar-refractivity contribution in [3.63, 3.8) is 0 Å². The van der Waals surface area contributed by atoms with Crippen LogP contribution in [0.5, 0.6) is 0 Å². The average Bonchev–Trinajstić information content (AvgIpc) is 1.89. The second kappa shape index (κ2) is 7.28. The Kier molecular flexibility index (Phi) is 8.48. The van der Waals surface area contributed by atoms with Crippen molar-refractivity contribution in [2.45, 2.75) is 13.8 Å². The van der Waals surface area contributed by atoms with Gasteiger partial charge in [0.25, 0.3) is 0 Å². The maximum absolute atomic E-state index is 9.82. The minimum Gasteiger partial charge on any atom is -0.366 e. The van der Waals surface area contributed by atoms with Crippen LogP contribution in [-0.4, -0.2) is 31.4 Å². The highest BCUT2D eigenvalue weighted by molar-refractivity contribution is 5.90. The Morgan fingerprint density at radius 1 is 1.55 bits per heavy atom. The zero-order valence-electron chi connectivity index (χ0n) is 7.85. The van der Waals surface area contributed by atoms with Gasteiger partial charge in [0.05, 0.1) is 0 Å². The normalized spacial score (nSPS) is 8.45. The monoisotopic (exact) mass is 158 g/mol. The summed E-state index contributed by atoms with van der Waals surface area (Å²) in [6, 6.07) is 0. The smallest absolute Gasteiger partial charge is 0.243 e. The molecule has 0 aromatic heterocycles. The third-order valence-corrected chi connectivity index (χ3v) is 1.05. The summed E-state index contributed by atoms with van der Waals surface area (Å²) in [4.78, 5) is 11.9. The molecule has 3 heteroatoms. The van der Waals surface area contributed by atoms with E-state index in [1.807, 2.05) is 0 Å². The number of carbonyl (C=O) groups is 1. The lowest BCUT2D eigenvalue weighted by molar-refractivity contribution is -0.114. The van der Waals surface area contributed by atoms with Gasteiger partial charge in [-0.1, -0.05) is 13.5 Å². The number of nitrogens with two attached hydrogens (primary N) is 1.